The van der Waals surface area contributed by atoms with Crippen LogP contribution in [-0.2, 0) is 23.8 Å². The fourth-order valence-electron chi connectivity index (χ4n) is 0.585. The minimum absolute atomic E-state index is 0.00812. The van der Waals surface area contributed by atoms with Crippen LogP contribution in [0.5, 0.6) is 0 Å². The minimum Gasteiger partial charge on any atom is -0.439 e. The molecule has 0 unspecified atom stereocenters. The normalized spacial score (nSPS) is 11.6. The zero-order valence-corrected chi connectivity index (χ0v) is 7.83. The SMILES string of the molecule is CC(C)CS(=O)(=O)OCOC=O. The van der Waals surface area contributed by atoms with E-state index in [0.29, 0.717) is 0 Å². The van der Waals surface area contributed by atoms with Gasteiger partial charge in [0.15, 0.2) is 0 Å². The Morgan fingerprint density at radius 2 is 2.00 bits per heavy atom. The molecule has 0 aliphatic rings. The highest BCUT2D eigenvalue weighted by molar-refractivity contribution is 7.86. The van der Waals surface area contributed by atoms with Crippen molar-refractivity contribution in [3.8, 4) is 0 Å². The second kappa shape index (κ2) is 5.10. The lowest BCUT2D eigenvalue weighted by Gasteiger charge is -2.05. The van der Waals surface area contributed by atoms with Crippen molar-refractivity contribution in [3.63, 3.8) is 0 Å². The highest BCUT2D eigenvalue weighted by Gasteiger charge is 2.13. The molecule has 0 rings (SSSR count). The van der Waals surface area contributed by atoms with Crippen LogP contribution in [0.25, 0.3) is 0 Å². The van der Waals surface area contributed by atoms with Crippen molar-refractivity contribution < 1.29 is 22.1 Å². The van der Waals surface area contributed by atoms with Crippen molar-refractivity contribution in [1.29, 1.82) is 0 Å². The average molecular weight is 196 g/mol. The summed E-state index contributed by atoms with van der Waals surface area (Å²) in [5, 5.41) is 0. The van der Waals surface area contributed by atoms with E-state index >= 15 is 0 Å². The molecule has 0 fully saturated rings. The second-order valence-electron chi connectivity index (χ2n) is 2.62. The predicted molar refractivity (Wildman–Crippen MR) is 41.7 cm³/mol. The van der Waals surface area contributed by atoms with E-state index in [2.05, 4.69) is 8.92 Å². The summed E-state index contributed by atoms with van der Waals surface area (Å²) in [5.74, 6) is -0.0823. The summed E-state index contributed by atoms with van der Waals surface area (Å²) >= 11 is 0. The van der Waals surface area contributed by atoms with Gasteiger partial charge < -0.3 is 4.74 Å². The molecule has 0 amide bonds. The van der Waals surface area contributed by atoms with Crippen molar-refractivity contribution in [2.24, 2.45) is 5.92 Å². The second-order valence-corrected chi connectivity index (χ2v) is 4.30. The molecule has 12 heavy (non-hydrogen) atoms. The Labute approximate surface area is 71.8 Å². The summed E-state index contributed by atoms with van der Waals surface area (Å²) in [7, 11) is -3.54. The molecule has 6 heteroatoms. The molecule has 5 nitrogen and oxygen atoms in total. The third-order valence-electron chi connectivity index (χ3n) is 0.901. The van der Waals surface area contributed by atoms with Crippen LogP contribution in [0, 0.1) is 5.92 Å². The molecule has 0 atom stereocenters. The fourth-order valence-corrected chi connectivity index (χ4v) is 1.70. The standard InChI is InChI=1S/C6H12O5S/c1-6(2)3-12(8,9)11-5-10-4-7/h4,6H,3,5H2,1-2H3. The number of carbonyl (C=O) groups excluding carboxylic acids is 1. The minimum atomic E-state index is -3.54. The van der Waals surface area contributed by atoms with E-state index in [0.717, 1.165) is 0 Å². The first-order chi connectivity index (χ1) is 5.48. The molecule has 0 spiro atoms. The molecule has 0 aromatic rings. The van der Waals surface area contributed by atoms with Crippen LogP contribution in [0.2, 0.25) is 0 Å². The Hall–Kier alpha value is -0.620. The highest BCUT2D eigenvalue weighted by atomic mass is 32.2. The zero-order chi connectivity index (χ0) is 9.61. The maximum absolute atomic E-state index is 10.9. The van der Waals surface area contributed by atoms with Gasteiger partial charge in [0.2, 0.25) is 6.79 Å². The van der Waals surface area contributed by atoms with E-state index in [1.165, 1.54) is 0 Å². The van der Waals surface area contributed by atoms with Crippen molar-refractivity contribution in [2.45, 2.75) is 13.8 Å². The monoisotopic (exact) mass is 196 g/mol. The first-order valence-electron chi connectivity index (χ1n) is 3.40. The first kappa shape index (κ1) is 11.4. The molecule has 0 saturated carbocycles. The lowest BCUT2D eigenvalue weighted by atomic mass is 10.3. The molecule has 0 saturated heterocycles. The Kier molecular flexibility index (Phi) is 4.84. The summed E-state index contributed by atoms with van der Waals surface area (Å²) in [5.41, 5.74) is 0. The molecule has 0 N–H and O–H groups in total. The van der Waals surface area contributed by atoms with Gasteiger partial charge in [-0.05, 0) is 5.92 Å². The van der Waals surface area contributed by atoms with Crippen LogP contribution in [0.4, 0.5) is 0 Å². The van der Waals surface area contributed by atoms with E-state index in [9.17, 15) is 13.2 Å². The van der Waals surface area contributed by atoms with Crippen molar-refractivity contribution in [2.75, 3.05) is 12.5 Å². The number of rotatable bonds is 6. The molecule has 72 valence electrons. The Morgan fingerprint density at radius 3 is 2.42 bits per heavy atom. The van der Waals surface area contributed by atoms with E-state index in [1.54, 1.807) is 13.8 Å². The topological polar surface area (TPSA) is 69.7 Å². The van der Waals surface area contributed by atoms with Gasteiger partial charge in [-0.15, -0.1) is 0 Å². The van der Waals surface area contributed by atoms with Crippen molar-refractivity contribution in [3.05, 3.63) is 0 Å². The molecular weight excluding hydrogens is 184 g/mol. The highest BCUT2D eigenvalue weighted by Crippen LogP contribution is 2.01. The van der Waals surface area contributed by atoms with Gasteiger partial charge in [-0.1, -0.05) is 13.8 Å². The number of hydrogen-bond donors (Lipinski definition) is 0. The maximum atomic E-state index is 10.9. The Bertz CT molecular complexity index is 218. The van der Waals surface area contributed by atoms with Crippen LogP contribution in [0.3, 0.4) is 0 Å². The van der Waals surface area contributed by atoms with Crippen LogP contribution in [0.15, 0.2) is 0 Å². The van der Waals surface area contributed by atoms with Gasteiger partial charge in [0, 0.05) is 0 Å². The van der Waals surface area contributed by atoms with Gasteiger partial charge in [0.05, 0.1) is 5.75 Å². The summed E-state index contributed by atoms with van der Waals surface area (Å²) in [6, 6.07) is 0. The zero-order valence-electron chi connectivity index (χ0n) is 7.02. The third kappa shape index (κ3) is 6.11. The average Bonchev–Trinajstić information content (AvgIpc) is 1.84. The van der Waals surface area contributed by atoms with E-state index in [-0.39, 0.29) is 18.1 Å². The number of ether oxygens (including phenoxy) is 1. The van der Waals surface area contributed by atoms with Crippen molar-refractivity contribution >= 4 is 16.6 Å². The summed E-state index contributed by atoms with van der Waals surface area (Å²) < 4.78 is 30.2. The quantitative estimate of drug-likeness (QED) is 0.261. The Morgan fingerprint density at radius 1 is 1.42 bits per heavy atom. The van der Waals surface area contributed by atoms with Gasteiger partial charge in [-0.3, -0.25) is 4.79 Å². The number of carbonyl (C=O) groups is 1. The molecule has 0 heterocycles. The smallest absolute Gasteiger partial charge is 0.295 e. The van der Waals surface area contributed by atoms with Gasteiger partial charge in [0.1, 0.15) is 0 Å². The van der Waals surface area contributed by atoms with E-state index < -0.39 is 16.9 Å². The molecule has 0 radical (unpaired) electrons. The summed E-state index contributed by atoms with van der Waals surface area (Å²) in [4.78, 5) is 9.62. The molecule has 0 aromatic carbocycles. The van der Waals surface area contributed by atoms with E-state index in [4.69, 9.17) is 0 Å². The Balaban J connectivity index is 3.80. The van der Waals surface area contributed by atoms with Crippen molar-refractivity contribution in [1.82, 2.24) is 0 Å². The van der Waals surface area contributed by atoms with Crippen LogP contribution in [0.1, 0.15) is 13.8 Å². The third-order valence-corrected chi connectivity index (χ3v) is 2.43. The maximum Gasteiger partial charge on any atom is 0.295 e. The van der Waals surface area contributed by atoms with Crippen LogP contribution in [-0.4, -0.2) is 27.4 Å². The van der Waals surface area contributed by atoms with Gasteiger partial charge in [0.25, 0.3) is 16.6 Å². The molecule has 0 aliphatic carbocycles. The lowest BCUT2D eigenvalue weighted by Crippen LogP contribution is -2.16. The van der Waals surface area contributed by atoms with Gasteiger partial charge >= 0.3 is 0 Å². The molecule has 0 aromatic heterocycles. The van der Waals surface area contributed by atoms with Gasteiger partial charge in [-0.2, -0.15) is 8.42 Å². The number of hydrogen-bond acceptors (Lipinski definition) is 5. The predicted octanol–water partition coefficient (Wildman–Crippen LogP) is 0.119. The lowest BCUT2D eigenvalue weighted by molar-refractivity contribution is -0.134. The summed E-state index contributed by atoms with van der Waals surface area (Å²) in [6.45, 7) is 3.09. The molecular formula is C6H12O5S. The largest absolute Gasteiger partial charge is 0.439 e. The van der Waals surface area contributed by atoms with Gasteiger partial charge in [-0.25, -0.2) is 4.18 Å². The van der Waals surface area contributed by atoms with E-state index in [1.807, 2.05) is 0 Å². The molecule has 0 aliphatic heterocycles. The molecule has 0 bridgehead atoms. The fraction of sp³-hybridized carbons (Fsp3) is 0.833. The first-order valence-corrected chi connectivity index (χ1v) is 4.98. The van der Waals surface area contributed by atoms with Crippen LogP contribution >= 0.6 is 0 Å². The summed E-state index contributed by atoms with van der Waals surface area (Å²) in [6.07, 6.45) is 0. The van der Waals surface area contributed by atoms with Crippen LogP contribution < -0.4 is 0 Å².